The molecule has 0 radical (unpaired) electrons. The Morgan fingerprint density at radius 3 is 2.92 bits per heavy atom. The number of aromatic nitrogens is 2. The average Bonchev–Trinajstić information content (AvgIpc) is 2.51. The molecule has 0 fully saturated rings. The van der Waals surface area contributed by atoms with Crippen molar-refractivity contribution in [3.05, 3.63) is 39.2 Å². The fraction of sp³-hybridized carbons (Fsp3) is 0. The molecule has 0 saturated carbocycles. The molecule has 5 heteroatoms. The molecule has 3 nitrogen and oxygen atoms in total. The monoisotopic (exact) mass is 212 g/mol. The molecule has 0 atom stereocenters. The van der Waals surface area contributed by atoms with Gasteiger partial charge >= 0.3 is 0 Å². The SMILES string of the molecule is O=c1cncc(-c2sccc2Cl)[nH]1. The molecule has 0 aliphatic rings. The third-order valence-corrected chi connectivity index (χ3v) is 2.89. The van der Waals surface area contributed by atoms with Gasteiger partial charge in [0.2, 0.25) is 0 Å². The maximum absolute atomic E-state index is 10.9. The normalized spacial score (nSPS) is 10.2. The van der Waals surface area contributed by atoms with Gasteiger partial charge in [0.1, 0.15) is 0 Å². The van der Waals surface area contributed by atoms with E-state index in [0.29, 0.717) is 10.7 Å². The lowest BCUT2D eigenvalue weighted by Crippen LogP contribution is -2.05. The first-order valence-electron chi connectivity index (χ1n) is 3.55. The van der Waals surface area contributed by atoms with Crippen molar-refractivity contribution in [2.75, 3.05) is 0 Å². The highest BCUT2D eigenvalue weighted by molar-refractivity contribution is 7.14. The molecule has 0 saturated heterocycles. The van der Waals surface area contributed by atoms with E-state index in [4.69, 9.17) is 11.6 Å². The third kappa shape index (κ3) is 1.64. The summed E-state index contributed by atoms with van der Waals surface area (Å²) in [5.41, 5.74) is 0.439. The van der Waals surface area contributed by atoms with Gasteiger partial charge in [-0.15, -0.1) is 11.3 Å². The van der Waals surface area contributed by atoms with Gasteiger partial charge in [0, 0.05) is 0 Å². The van der Waals surface area contributed by atoms with E-state index in [-0.39, 0.29) is 5.56 Å². The van der Waals surface area contributed by atoms with Gasteiger partial charge in [-0.1, -0.05) is 11.6 Å². The van der Waals surface area contributed by atoms with Crippen LogP contribution in [0.2, 0.25) is 5.02 Å². The molecule has 0 unspecified atom stereocenters. The van der Waals surface area contributed by atoms with E-state index >= 15 is 0 Å². The number of hydrogen-bond donors (Lipinski definition) is 1. The van der Waals surface area contributed by atoms with Crippen LogP contribution in [0.25, 0.3) is 10.6 Å². The summed E-state index contributed by atoms with van der Waals surface area (Å²) in [4.78, 5) is 18.2. The Balaban J connectivity index is 2.59. The molecule has 0 spiro atoms. The van der Waals surface area contributed by atoms with Crippen molar-refractivity contribution in [3.63, 3.8) is 0 Å². The maximum Gasteiger partial charge on any atom is 0.266 e. The minimum absolute atomic E-state index is 0.220. The summed E-state index contributed by atoms with van der Waals surface area (Å²) < 4.78 is 0. The van der Waals surface area contributed by atoms with Gasteiger partial charge in [-0.3, -0.25) is 9.78 Å². The lowest BCUT2D eigenvalue weighted by Gasteiger charge is -1.95. The molecular weight excluding hydrogens is 208 g/mol. The van der Waals surface area contributed by atoms with Crippen molar-refractivity contribution < 1.29 is 0 Å². The van der Waals surface area contributed by atoms with Crippen LogP contribution in [-0.4, -0.2) is 9.97 Å². The third-order valence-electron chi connectivity index (χ3n) is 1.52. The largest absolute Gasteiger partial charge is 0.319 e. The number of thiophene rings is 1. The van der Waals surface area contributed by atoms with Gasteiger partial charge < -0.3 is 4.98 Å². The van der Waals surface area contributed by atoms with E-state index in [2.05, 4.69) is 9.97 Å². The zero-order valence-corrected chi connectivity index (χ0v) is 8.02. The van der Waals surface area contributed by atoms with Crippen molar-refractivity contribution in [1.29, 1.82) is 0 Å². The topological polar surface area (TPSA) is 45.8 Å². The fourth-order valence-corrected chi connectivity index (χ4v) is 2.10. The number of nitrogens with zero attached hydrogens (tertiary/aromatic N) is 1. The van der Waals surface area contributed by atoms with Crippen LogP contribution in [0.4, 0.5) is 0 Å². The summed E-state index contributed by atoms with van der Waals surface area (Å²) in [7, 11) is 0. The molecule has 0 amide bonds. The quantitative estimate of drug-likeness (QED) is 0.788. The molecule has 2 rings (SSSR count). The molecule has 0 aliphatic heterocycles. The van der Waals surface area contributed by atoms with Gasteiger partial charge in [0.05, 0.1) is 28.0 Å². The molecule has 2 aromatic rings. The van der Waals surface area contributed by atoms with Crippen molar-refractivity contribution in [2.45, 2.75) is 0 Å². The standard InChI is InChI=1S/C8H5ClN2OS/c9-5-1-2-13-8(5)6-3-10-4-7(12)11-6/h1-4H,(H,11,12). The highest BCUT2D eigenvalue weighted by Crippen LogP contribution is 2.30. The molecule has 13 heavy (non-hydrogen) atoms. The molecule has 0 bridgehead atoms. The van der Waals surface area contributed by atoms with Gasteiger partial charge in [-0.25, -0.2) is 0 Å². The van der Waals surface area contributed by atoms with Crippen molar-refractivity contribution in [1.82, 2.24) is 9.97 Å². The second kappa shape index (κ2) is 3.32. The number of rotatable bonds is 1. The summed E-state index contributed by atoms with van der Waals surface area (Å²) in [5, 5.41) is 2.50. The van der Waals surface area contributed by atoms with Gasteiger partial charge in [0.25, 0.3) is 5.56 Å². The van der Waals surface area contributed by atoms with Crippen LogP contribution in [0.15, 0.2) is 28.6 Å². The Hall–Kier alpha value is -1.13. The van der Waals surface area contributed by atoms with Crippen molar-refractivity contribution >= 4 is 22.9 Å². The minimum Gasteiger partial charge on any atom is -0.319 e. The number of halogens is 1. The van der Waals surface area contributed by atoms with Gasteiger partial charge in [-0.2, -0.15) is 0 Å². The second-order valence-electron chi connectivity index (χ2n) is 2.41. The van der Waals surface area contributed by atoms with Crippen LogP contribution in [0.1, 0.15) is 0 Å². The van der Waals surface area contributed by atoms with Crippen molar-refractivity contribution in [3.8, 4) is 10.6 Å². The predicted molar refractivity (Wildman–Crippen MR) is 53.2 cm³/mol. The fourth-order valence-electron chi connectivity index (χ4n) is 0.978. The van der Waals surface area contributed by atoms with Crippen LogP contribution in [0.5, 0.6) is 0 Å². The van der Waals surface area contributed by atoms with E-state index in [0.717, 1.165) is 4.88 Å². The van der Waals surface area contributed by atoms with Crippen LogP contribution < -0.4 is 5.56 Å². The molecular formula is C8H5ClN2OS. The zero-order valence-electron chi connectivity index (χ0n) is 6.45. The zero-order chi connectivity index (χ0) is 9.26. The average molecular weight is 213 g/mol. The highest BCUT2D eigenvalue weighted by atomic mass is 35.5. The van der Waals surface area contributed by atoms with E-state index in [1.54, 1.807) is 12.3 Å². The first-order valence-corrected chi connectivity index (χ1v) is 4.81. The maximum atomic E-state index is 10.9. The second-order valence-corrected chi connectivity index (χ2v) is 3.73. The minimum atomic E-state index is -0.220. The Morgan fingerprint density at radius 2 is 2.31 bits per heavy atom. The molecule has 1 N–H and O–H groups in total. The number of aromatic amines is 1. The first kappa shape index (κ1) is 8.47. The summed E-state index contributed by atoms with van der Waals surface area (Å²) >= 11 is 7.36. The Morgan fingerprint density at radius 1 is 1.46 bits per heavy atom. The highest BCUT2D eigenvalue weighted by Gasteiger charge is 2.05. The first-order chi connectivity index (χ1) is 6.27. The van der Waals surface area contributed by atoms with Crippen LogP contribution in [0, 0.1) is 0 Å². The summed E-state index contributed by atoms with van der Waals surface area (Å²) in [6.07, 6.45) is 2.81. The smallest absolute Gasteiger partial charge is 0.266 e. The Kier molecular flexibility index (Phi) is 2.16. The lowest BCUT2D eigenvalue weighted by molar-refractivity contribution is 1.15. The lowest BCUT2D eigenvalue weighted by atomic mass is 10.3. The predicted octanol–water partition coefficient (Wildman–Crippen LogP) is 2.15. The Bertz CT molecular complexity index is 477. The van der Waals surface area contributed by atoms with Gasteiger partial charge in [-0.05, 0) is 11.4 Å². The van der Waals surface area contributed by atoms with E-state index < -0.39 is 0 Å². The summed E-state index contributed by atoms with van der Waals surface area (Å²) in [6, 6.07) is 1.78. The number of H-pyrrole nitrogens is 1. The molecule has 0 aliphatic carbocycles. The summed E-state index contributed by atoms with van der Waals surface area (Å²) in [5.74, 6) is 0. The summed E-state index contributed by atoms with van der Waals surface area (Å²) in [6.45, 7) is 0. The number of nitrogens with one attached hydrogen (secondary N) is 1. The van der Waals surface area contributed by atoms with E-state index in [9.17, 15) is 4.79 Å². The molecule has 0 aromatic carbocycles. The van der Waals surface area contributed by atoms with Crippen LogP contribution >= 0.6 is 22.9 Å². The van der Waals surface area contributed by atoms with Crippen molar-refractivity contribution in [2.24, 2.45) is 0 Å². The van der Waals surface area contributed by atoms with Crippen LogP contribution in [-0.2, 0) is 0 Å². The van der Waals surface area contributed by atoms with Crippen LogP contribution in [0.3, 0.4) is 0 Å². The molecule has 66 valence electrons. The van der Waals surface area contributed by atoms with E-state index in [1.165, 1.54) is 17.5 Å². The Labute approximate surface area is 83.0 Å². The van der Waals surface area contributed by atoms with Gasteiger partial charge in [0.15, 0.2) is 0 Å². The molecule has 2 heterocycles. The molecule has 2 aromatic heterocycles. The van der Waals surface area contributed by atoms with E-state index in [1.807, 2.05) is 5.38 Å². The number of hydrogen-bond acceptors (Lipinski definition) is 3.